The first-order valence-corrected chi connectivity index (χ1v) is 14.4. The number of nitrogens with zero attached hydrogens (tertiary/aromatic N) is 1. The zero-order valence-electron chi connectivity index (χ0n) is 22.5. The minimum absolute atomic E-state index is 0.0297. The van der Waals surface area contributed by atoms with E-state index >= 15 is 0 Å². The molecule has 1 aliphatic rings. The highest BCUT2D eigenvalue weighted by atomic mass is 32.2. The van der Waals surface area contributed by atoms with Crippen molar-refractivity contribution < 1.29 is 28.2 Å². The van der Waals surface area contributed by atoms with E-state index in [-0.39, 0.29) is 23.0 Å². The molecule has 39 heavy (non-hydrogen) atoms. The smallest absolute Gasteiger partial charge is 0.230 e. The monoisotopic (exact) mass is 555 g/mol. The number of hydrogen-bond acceptors (Lipinski definition) is 7. The molecular weight excluding hydrogens is 521 g/mol. The number of amides is 2. The summed E-state index contributed by atoms with van der Waals surface area (Å²) in [6.07, 6.45) is 7.79. The third-order valence-electron chi connectivity index (χ3n) is 6.62. The maximum Gasteiger partial charge on any atom is 0.230 e. The van der Waals surface area contributed by atoms with E-state index in [1.807, 2.05) is 13.2 Å². The highest BCUT2D eigenvalue weighted by Gasteiger charge is 2.44. The zero-order chi connectivity index (χ0) is 27.8. The van der Waals surface area contributed by atoms with Gasteiger partial charge in [-0.15, -0.1) is 0 Å². The molecule has 0 bridgehead atoms. The molecule has 0 saturated heterocycles. The van der Waals surface area contributed by atoms with E-state index in [2.05, 4.69) is 15.6 Å². The Balaban J connectivity index is 1.38. The molecule has 1 aromatic heterocycles. The fourth-order valence-electron chi connectivity index (χ4n) is 3.96. The van der Waals surface area contributed by atoms with Gasteiger partial charge in [0.1, 0.15) is 5.75 Å². The number of benzene rings is 2. The first-order chi connectivity index (χ1) is 18.8. The molecule has 2 N–H and O–H groups in total. The Morgan fingerprint density at radius 3 is 2.59 bits per heavy atom. The number of thioether (sulfide) groups is 1. The van der Waals surface area contributed by atoms with Crippen molar-refractivity contribution in [3.05, 3.63) is 48.4 Å². The number of carbonyl (C=O) groups is 2. The summed E-state index contributed by atoms with van der Waals surface area (Å²) in [5.41, 5.74) is 0.651. The second kappa shape index (κ2) is 13.0. The number of fused-ring (bicyclic) bond motifs is 1. The van der Waals surface area contributed by atoms with Crippen molar-refractivity contribution in [1.82, 2.24) is 10.3 Å². The van der Waals surface area contributed by atoms with Gasteiger partial charge in [-0.05, 0) is 62.6 Å². The normalized spacial score (nSPS) is 13.5. The number of halogens is 1. The van der Waals surface area contributed by atoms with Crippen LogP contribution in [0.25, 0.3) is 10.9 Å². The molecular formula is C29H34FN3O5S. The van der Waals surface area contributed by atoms with Gasteiger partial charge in [-0.1, -0.05) is 6.92 Å². The van der Waals surface area contributed by atoms with Crippen molar-refractivity contribution in [1.29, 1.82) is 0 Å². The molecule has 3 aromatic rings. The van der Waals surface area contributed by atoms with E-state index < -0.39 is 5.82 Å². The highest BCUT2D eigenvalue weighted by molar-refractivity contribution is 7.99. The van der Waals surface area contributed by atoms with Crippen LogP contribution in [0.15, 0.2) is 42.6 Å². The Morgan fingerprint density at radius 2 is 1.87 bits per heavy atom. The fraction of sp³-hybridized carbons (Fsp3) is 0.414. The molecule has 2 amide bonds. The Labute approximate surface area is 232 Å². The predicted octanol–water partition coefficient (Wildman–Crippen LogP) is 5.94. The largest absolute Gasteiger partial charge is 0.493 e. The molecule has 4 rings (SSSR count). The number of aromatic nitrogens is 1. The van der Waals surface area contributed by atoms with Crippen molar-refractivity contribution in [3.63, 3.8) is 0 Å². The summed E-state index contributed by atoms with van der Waals surface area (Å²) in [6.45, 7) is 3.04. The number of nitrogens with one attached hydrogen (secondary N) is 2. The number of anilines is 1. The lowest BCUT2D eigenvalue weighted by molar-refractivity contribution is -0.120. The lowest BCUT2D eigenvalue weighted by atomic mass is 10.1. The average molecular weight is 556 g/mol. The summed E-state index contributed by atoms with van der Waals surface area (Å²) in [4.78, 5) is 28.2. The van der Waals surface area contributed by atoms with Crippen LogP contribution < -0.4 is 24.8 Å². The minimum atomic E-state index is -0.588. The summed E-state index contributed by atoms with van der Waals surface area (Å²) in [6, 6.07) is 9.57. The molecule has 208 valence electrons. The van der Waals surface area contributed by atoms with E-state index in [1.54, 1.807) is 37.6 Å². The first kappa shape index (κ1) is 28.5. The molecule has 0 atom stereocenters. The molecule has 1 aliphatic carbocycles. The molecule has 8 nitrogen and oxygen atoms in total. The SMILES string of the molecule is COc1cc2c(Oc3ccc(NC(=O)C4(C)CC4)cc3F)ccnc2cc1OCCCCCNC(=O)CSC. The van der Waals surface area contributed by atoms with Crippen molar-refractivity contribution >= 4 is 40.2 Å². The number of ether oxygens (including phenoxy) is 3. The summed E-state index contributed by atoms with van der Waals surface area (Å²) >= 11 is 1.50. The lowest BCUT2D eigenvalue weighted by Crippen LogP contribution is -2.26. The van der Waals surface area contributed by atoms with Gasteiger partial charge >= 0.3 is 0 Å². The number of hydrogen-bond donors (Lipinski definition) is 2. The van der Waals surface area contributed by atoms with E-state index in [9.17, 15) is 14.0 Å². The van der Waals surface area contributed by atoms with Crippen LogP contribution in [0.3, 0.4) is 0 Å². The van der Waals surface area contributed by atoms with Gasteiger partial charge in [-0.2, -0.15) is 11.8 Å². The summed E-state index contributed by atoms with van der Waals surface area (Å²) < 4.78 is 32.3. The third kappa shape index (κ3) is 7.53. The van der Waals surface area contributed by atoms with E-state index in [4.69, 9.17) is 14.2 Å². The van der Waals surface area contributed by atoms with Gasteiger partial charge in [0.25, 0.3) is 0 Å². The van der Waals surface area contributed by atoms with Crippen LogP contribution in [-0.2, 0) is 9.59 Å². The van der Waals surface area contributed by atoms with Gasteiger partial charge in [-0.3, -0.25) is 14.6 Å². The second-order valence-electron chi connectivity index (χ2n) is 9.78. The summed E-state index contributed by atoms with van der Waals surface area (Å²) in [5.74, 6) is 1.35. The Hall–Kier alpha value is -3.53. The third-order valence-corrected chi connectivity index (χ3v) is 7.17. The topological polar surface area (TPSA) is 98.8 Å². The summed E-state index contributed by atoms with van der Waals surface area (Å²) in [7, 11) is 1.55. The molecule has 1 saturated carbocycles. The van der Waals surface area contributed by atoms with Gasteiger partial charge < -0.3 is 24.8 Å². The Morgan fingerprint density at radius 1 is 1.05 bits per heavy atom. The Bertz CT molecular complexity index is 1330. The number of carbonyl (C=O) groups excluding carboxylic acids is 2. The molecule has 0 spiro atoms. The van der Waals surface area contributed by atoms with Crippen LogP contribution in [-0.4, -0.2) is 49.1 Å². The number of rotatable bonds is 14. The van der Waals surface area contributed by atoms with Crippen LogP contribution in [0, 0.1) is 11.2 Å². The molecule has 1 heterocycles. The van der Waals surface area contributed by atoms with Gasteiger partial charge in [0.05, 0.1) is 25.0 Å². The number of methoxy groups -OCH3 is 1. The number of pyridine rings is 1. The average Bonchev–Trinajstić information content (AvgIpc) is 3.68. The van der Waals surface area contributed by atoms with Crippen LogP contribution in [0.1, 0.15) is 39.0 Å². The molecule has 1 fully saturated rings. The van der Waals surface area contributed by atoms with E-state index in [0.717, 1.165) is 32.1 Å². The maximum absolute atomic E-state index is 14.9. The standard InChI is InChI=1S/C29H34FN3O5S/c1-29(10-11-29)28(35)33-19-7-8-24(21(30)15-19)38-23-9-13-31-22-17-26(25(36-2)16-20(22)23)37-14-6-4-5-12-32-27(34)18-39-3/h7-9,13,15-17H,4-6,10-12,14,18H2,1-3H3,(H,32,34)(H,33,35). The van der Waals surface area contributed by atoms with Gasteiger partial charge in [0, 0.05) is 41.4 Å². The summed E-state index contributed by atoms with van der Waals surface area (Å²) in [5, 5.41) is 6.31. The fourth-order valence-corrected chi connectivity index (χ4v) is 4.33. The molecule has 10 heteroatoms. The van der Waals surface area contributed by atoms with Crippen LogP contribution in [0.5, 0.6) is 23.0 Å². The molecule has 0 radical (unpaired) electrons. The van der Waals surface area contributed by atoms with Crippen molar-refractivity contribution in [3.8, 4) is 23.0 Å². The quantitative estimate of drug-likeness (QED) is 0.238. The van der Waals surface area contributed by atoms with Crippen LogP contribution in [0.2, 0.25) is 0 Å². The van der Waals surface area contributed by atoms with Crippen molar-refractivity contribution in [2.24, 2.45) is 5.41 Å². The van der Waals surface area contributed by atoms with Crippen molar-refractivity contribution in [2.75, 3.05) is 37.6 Å². The maximum atomic E-state index is 14.9. The molecule has 0 unspecified atom stereocenters. The van der Waals surface area contributed by atoms with Gasteiger partial charge in [0.15, 0.2) is 23.1 Å². The van der Waals surface area contributed by atoms with Gasteiger partial charge in [0.2, 0.25) is 11.8 Å². The van der Waals surface area contributed by atoms with Crippen molar-refractivity contribution in [2.45, 2.75) is 39.0 Å². The predicted molar refractivity (Wildman–Crippen MR) is 151 cm³/mol. The second-order valence-corrected chi connectivity index (χ2v) is 10.6. The lowest BCUT2D eigenvalue weighted by Gasteiger charge is -2.15. The number of unbranched alkanes of at least 4 members (excludes halogenated alkanes) is 2. The molecule has 2 aromatic carbocycles. The molecule has 0 aliphatic heterocycles. The van der Waals surface area contributed by atoms with Crippen LogP contribution >= 0.6 is 11.8 Å². The highest BCUT2D eigenvalue weighted by Crippen LogP contribution is 2.46. The van der Waals surface area contributed by atoms with Gasteiger partial charge in [-0.25, -0.2) is 4.39 Å². The van der Waals surface area contributed by atoms with E-state index in [1.165, 1.54) is 23.9 Å². The zero-order valence-corrected chi connectivity index (χ0v) is 23.3. The van der Waals surface area contributed by atoms with E-state index in [0.29, 0.717) is 52.7 Å². The minimum Gasteiger partial charge on any atom is -0.493 e. The van der Waals surface area contributed by atoms with Crippen LogP contribution in [0.4, 0.5) is 10.1 Å². The Kier molecular flexibility index (Phi) is 9.50. The first-order valence-electron chi connectivity index (χ1n) is 13.0.